The van der Waals surface area contributed by atoms with Crippen molar-refractivity contribution in [2.24, 2.45) is 0 Å². The van der Waals surface area contributed by atoms with E-state index in [2.05, 4.69) is 15.5 Å². The highest BCUT2D eigenvalue weighted by Gasteiger charge is 2.26. The van der Waals surface area contributed by atoms with Gasteiger partial charge in [-0.15, -0.1) is 5.10 Å². The van der Waals surface area contributed by atoms with Gasteiger partial charge in [-0.3, -0.25) is 4.79 Å². The number of carbonyl (C=O) groups excluding carboxylic acids is 1. The molecule has 128 valence electrons. The first-order valence-electron chi connectivity index (χ1n) is 7.61. The van der Waals surface area contributed by atoms with Gasteiger partial charge in [-0.25, -0.2) is 4.39 Å². The van der Waals surface area contributed by atoms with Crippen molar-refractivity contribution in [1.82, 2.24) is 20.2 Å². The first kappa shape index (κ1) is 17.1. The van der Waals surface area contributed by atoms with Crippen LogP contribution in [0, 0.1) is 5.82 Å². The number of rotatable bonds is 6. The van der Waals surface area contributed by atoms with Crippen LogP contribution in [0.2, 0.25) is 0 Å². The lowest BCUT2D eigenvalue weighted by atomic mass is 10.1. The van der Waals surface area contributed by atoms with Crippen molar-refractivity contribution in [3.8, 4) is 5.69 Å². The topological polar surface area (TPSA) is 69.9 Å². The largest absolute Gasteiger partial charge is 0.465 e. The van der Waals surface area contributed by atoms with Gasteiger partial charge < -0.3 is 4.74 Å². The second kappa shape index (κ2) is 7.89. The van der Waals surface area contributed by atoms with Crippen LogP contribution in [0.3, 0.4) is 0 Å². The normalized spacial score (nSPS) is 11.9. The Morgan fingerprint density at radius 1 is 1.24 bits per heavy atom. The van der Waals surface area contributed by atoms with Crippen LogP contribution in [0.4, 0.5) is 4.39 Å². The summed E-state index contributed by atoms with van der Waals surface area (Å²) in [7, 11) is 0. The van der Waals surface area contributed by atoms with Crippen molar-refractivity contribution >= 4 is 17.7 Å². The molecule has 25 heavy (non-hydrogen) atoms. The van der Waals surface area contributed by atoms with E-state index in [0.29, 0.717) is 10.8 Å². The molecule has 0 spiro atoms. The molecular formula is C17H15FN4O2S. The lowest BCUT2D eigenvalue weighted by molar-refractivity contribution is -0.142. The van der Waals surface area contributed by atoms with E-state index in [-0.39, 0.29) is 12.6 Å². The summed E-state index contributed by atoms with van der Waals surface area (Å²) in [5, 5.41) is 11.3. The highest BCUT2D eigenvalue weighted by molar-refractivity contribution is 8.00. The van der Waals surface area contributed by atoms with Gasteiger partial charge in [0.15, 0.2) is 0 Å². The van der Waals surface area contributed by atoms with Gasteiger partial charge in [0, 0.05) is 0 Å². The maximum Gasteiger partial charge on any atom is 0.324 e. The number of esters is 1. The molecule has 3 rings (SSSR count). The molecule has 0 aliphatic heterocycles. The number of ether oxygens (including phenoxy) is 1. The Hall–Kier alpha value is -2.74. The minimum Gasteiger partial charge on any atom is -0.465 e. The molecule has 0 fully saturated rings. The summed E-state index contributed by atoms with van der Waals surface area (Å²) in [4.78, 5) is 12.4. The molecule has 8 heteroatoms. The molecule has 0 saturated heterocycles. The second-order valence-electron chi connectivity index (χ2n) is 5.01. The summed E-state index contributed by atoms with van der Waals surface area (Å²) >= 11 is 1.15. The molecule has 1 atom stereocenters. The van der Waals surface area contributed by atoms with Crippen LogP contribution in [0.25, 0.3) is 5.69 Å². The Morgan fingerprint density at radius 3 is 2.76 bits per heavy atom. The molecule has 0 radical (unpaired) electrons. The predicted octanol–water partition coefficient (Wildman–Crippen LogP) is 3.20. The molecular weight excluding hydrogens is 343 g/mol. The maximum atomic E-state index is 13.5. The van der Waals surface area contributed by atoms with E-state index in [1.807, 2.05) is 30.3 Å². The summed E-state index contributed by atoms with van der Waals surface area (Å²) in [6, 6.07) is 15.2. The summed E-state index contributed by atoms with van der Waals surface area (Å²) in [6.45, 7) is 2.03. The van der Waals surface area contributed by atoms with Gasteiger partial charge in [-0.2, -0.15) is 4.68 Å². The number of nitrogens with zero attached hydrogens (tertiary/aromatic N) is 4. The zero-order valence-corrected chi connectivity index (χ0v) is 14.2. The Morgan fingerprint density at radius 2 is 2.04 bits per heavy atom. The number of hydrogen-bond acceptors (Lipinski definition) is 6. The van der Waals surface area contributed by atoms with Gasteiger partial charge in [0.25, 0.3) is 0 Å². The van der Waals surface area contributed by atoms with Gasteiger partial charge >= 0.3 is 5.97 Å². The van der Waals surface area contributed by atoms with Crippen molar-refractivity contribution in [1.29, 1.82) is 0 Å². The third kappa shape index (κ3) is 4.03. The van der Waals surface area contributed by atoms with Crippen LogP contribution in [0.1, 0.15) is 17.7 Å². The fraction of sp³-hybridized carbons (Fsp3) is 0.176. The third-order valence-corrected chi connectivity index (χ3v) is 4.49. The van der Waals surface area contributed by atoms with Crippen molar-refractivity contribution in [3.63, 3.8) is 0 Å². The van der Waals surface area contributed by atoms with E-state index >= 15 is 0 Å². The molecule has 2 aromatic carbocycles. The number of hydrogen-bond donors (Lipinski definition) is 0. The van der Waals surface area contributed by atoms with E-state index in [1.54, 1.807) is 19.1 Å². The molecule has 6 nitrogen and oxygen atoms in total. The fourth-order valence-electron chi connectivity index (χ4n) is 2.23. The lowest BCUT2D eigenvalue weighted by Crippen LogP contribution is -2.14. The van der Waals surface area contributed by atoms with Crippen molar-refractivity contribution in [2.45, 2.75) is 17.3 Å². The van der Waals surface area contributed by atoms with Crippen molar-refractivity contribution < 1.29 is 13.9 Å². The van der Waals surface area contributed by atoms with Crippen LogP contribution in [0.15, 0.2) is 59.8 Å². The molecule has 0 bridgehead atoms. The standard InChI is InChI=1S/C17H15FN4O2S/c1-2-24-16(23)15(12-7-4-3-5-8-12)25-17-19-20-21-22(17)14-10-6-9-13(18)11-14/h3-11,15H,2H2,1H3. The Balaban J connectivity index is 1.93. The first-order chi connectivity index (χ1) is 12.2. The van der Waals surface area contributed by atoms with E-state index in [9.17, 15) is 9.18 Å². The van der Waals surface area contributed by atoms with Crippen LogP contribution in [-0.2, 0) is 9.53 Å². The molecule has 0 aliphatic carbocycles. The average Bonchev–Trinajstić information content (AvgIpc) is 3.09. The summed E-state index contributed by atoms with van der Waals surface area (Å²) in [5.41, 5.74) is 1.25. The van der Waals surface area contributed by atoms with Gasteiger partial charge in [-0.1, -0.05) is 48.2 Å². The minimum atomic E-state index is -0.626. The van der Waals surface area contributed by atoms with Gasteiger partial charge in [0.2, 0.25) is 5.16 Å². The molecule has 1 heterocycles. The zero-order chi connectivity index (χ0) is 17.6. The van der Waals surface area contributed by atoms with Gasteiger partial charge in [0.1, 0.15) is 11.1 Å². The number of halogens is 1. The summed E-state index contributed by atoms with van der Waals surface area (Å²) < 4.78 is 20.1. The van der Waals surface area contributed by atoms with E-state index in [4.69, 9.17) is 4.74 Å². The fourth-order valence-corrected chi connectivity index (χ4v) is 3.22. The van der Waals surface area contributed by atoms with Crippen molar-refractivity contribution in [3.05, 3.63) is 66.0 Å². The number of tetrazole rings is 1. The van der Waals surface area contributed by atoms with Crippen LogP contribution in [0.5, 0.6) is 0 Å². The van der Waals surface area contributed by atoms with Gasteiger partial charge in [0.05, 0.1) is 12.3 Å². The van der Waals surface area contributed by atoms with E-state index in [0.717, 1.165) is 17.3 Å². The highest BCUT2D eigenvalue weighted by Crippen LogP contribution is 2.35. The molecule has 0 N–H and O–H groups in total. The summed E-state index contributed by atoms with van der Waals surface area (Å²) in [6.07, 6.45) is 0. The number of aromatic nitrogens is 4. The lowest BCUT2D eigenvalue weighted by Gasteiger charge is -2.15. The van der Waals surface area contributed by atoms with E-state index in [1.165, 1.54) is 16.8 Å². The molecule has 0 amide bonds. The van der Waals surface area contributed by atoms with E-state index < -0.39 is 11.1 Å². The maximum absolute atomic E-state index is 13.5. The number of thioether (sulfide) groups is 1. The SMILES string of the molecule is CCOC(=O)C(Sc1nnnn1-c1cccc(F)c1)c1ccccc1. The van der Waals surface area contributed by atoms with Crippen LogP contribution in [-0.4, -0.2) is 32.8 Å². The minimum absolute atomic E-state index is 0.275. The monoisotopic (exact) mass is 358 g/mol. The van der Waals surface area contributed by atoms with Gasteiger partial charge in [-0.05, 0) is 41.1 Å². The molecule has 1 aromatic heterocycles. The molecule has 1 unspecified atom stereocenters. The van der Waals surface area contributed by atoms with Crippen LogP contribution >= 0.6 is 11.8 Å². The first-order valence-corrected chi connectivity index (χ1v) is 8.49. The highest BCUT2D eigenvalue weighted by atomic mass is 32.2. The number of carbonyl (C=O) groups is 1. The number of benzene rings is 2. The quantitative estimate of drug-likeness (QED) is 0.498. The van der Waals surface area contributed by atoms with Crippen molar-refractivity contribution in [2.75, 3.05) is 6.61 Å². The Labute approximate surface area is 148 Å². The molecule has 0 aliphatic rings. The molecule has 0 saturated carbocycles. The average molecular weight is 358 g/mol. The summed E-state index contributed by atoms with van der Waals surface area (Å²) in [5.74, 6) is -0.776. The Kier molecular flexibility index (Phi) is 5.39. The Bertz CT molecular complexity index is 857. The third-order valence-electron chi connectivity index (χ3n) is 3.32. The zero-order valence-electron chi connectivity index (χ0n) is 13.4. The smallest absolute Gasteiger partial charge is 0.324 e. The predicted molar refractivity (Wildman–Crippen MR) is 90.8 cm³/mol. The van der Waals surface area contributed by atoms with Crippen LogP contribution < -0.4 is 0 Å². The molecule has 3 aromatic rings. The second-order valence-corrected chi connectivity index (χ2v) is 6.09.